The molecule has 2 aliphatic heterocycles. The SMILES string of the molecule is Cc1ccccc1-c1cc(NC(=O)N2CCC3(CCOC3)C2)n(C)n1. The number of nitrogens with zero attached hydrogens (tertiary/aromatic N) is 3. The van der Waals surface area contributed by atoms with Crippen LogP contribution in [0.2, 0.25) is 0 Å². The third-order valence-corrected chi connectivity index (χ3v) is 5.45. The first kappa shape index (κ1) is 16.1. The average molecular weight is 340 g/mol. The van der Waals surface area contributed by atoms with Crippen LogP contribution in [0.1, 0.15) is 18.4 Å². The van der Waals surface area contributed by atoms with Crippen LogP contribution in [0.25, 0.3) is 11.3 Å². The second kappa shape index (κ2) is 6.19. The van der Waals surface area contributed by atoms with Crippen LogP contribution in [-0.4, -0.2) is 47.0 Å². The smallest absolute Gasteiger partial charge is 0.323 e. The first-order chi connectivity index (χ1) is 12.1. The number of ether oxygens (including phenoxy) is 1. The third kappa shape index (κ3) is 3.02. The Balaban J connectivity index is 1.48. The number of amides is 2. The number of carbonyl (C=O) groups is 1. The molecule has 4 rings (SSSR count). The molecule has 1 aromatic carbocycles. The van der Waals surface area contributed by atoms with Gasteiger partial charge in [0.2, 0.25) is 0 Å². The molecule has 2 amide bonds. The van der Waals surface area contributed by atoms with E-state index in [4.69, 9.17) is 4.74 Å². The van der Waals surface area contributed by atoms with E-state index in [9.17, 15) is 4.79 Å². The molecule has 2 saturated heterocycles. The normalized spacial score (nSPS) is 22.7. The fraction of sp³-hybridized carbons (Fsp3) is 0.474. The van der Waals surface area contributed by atoms with Crippen LogP contribution in [0.5, 0.6) is 0 Å². The van der Waals surface area contributed by atoms with E-state index in [-0.39, 0.29) is 11.4 Å². The summed E-state index contributed by atoms with van der Waals surface area (Å²) >= 11 is 0. The summed E-state index contributed by atoms with van der Waals surface area (Å²) in [6.07, 6.45) is 2.08. The minimum absolute atomic E-state index is 0.0527. The molecule has 1 atom stereocenters. The molecule has 6 nitrogen and oxygen atoms in total. The number of aromatic nitrogens is 2. The molecule has 25 heavy (non-hydrogen) atoms. The summed E-state index contributed by atoms with van der Waals surface area (Å²) in [6, 6.07) is 10.0. The van der Waals surface area contributed by atoms with Crippen LogP contribution in [0.15, 0.2) is 30.3 Å². The van der Waals surface area contributed by atoms with E-state index >= 15 is 0 Å². The molecule has 0 saturated carbocycles. The van der Waals surface area contributed by atoms with Crippen molar-refractivity contribution < 1.29 is 9.53 Å². The highest BCUT2D eigenvalue weighted by Gasteiger charge is 2.42. The van der Waals surface area contributed by atoms with E-state index in [1.54, 1.807) is 4.68 Å². The Labute approximate surface area is 147 Å². The van der Waals surface area contributed by atoms with Gasteiger partial charge in [0.15, 0.2) is 0 Å². The fourth-order valence-electron chi connectivity index (χ4n) is 3.84. The first-order valence-corrected chi connectivity index (χ1v) is 8.80. The summed E-state index contributed by atoms with van der Waals surface area (Å²) < 4.78 is 7.27. The minimum atomic E-state index is -0.0527. The lowest BCUT2D eigenvalue weighted by Crippen LogP contribution is -2.36. The molecule has 1 N–H and O–H groups in total. The lowest BCUT2D eigenvalue weighted by molar-refractivity contribution is 0.154. The van der Waals surface area contributed by atoms with E-state index in [1.807, 2.05) is 36.2 Å². The first-order valence-electron chi connectivity index (χ1n) is 8.80. The van der Waals surface area contributed by atoms with Crippen LogP contribution < -0.4 is 5.32 Å². The van der Waals surface area contributed by atoms with E-state index in [0.29, 0.717) is 5.82 Å². The maximum absolute atomic E-state index is 12.7. The molecule has 0 aliphatic carbocycles. The Hall–Kier alpha value is -2.34. The third-order valence-electron chi connectivity index (χ3n) is 5.45. The van der Waals surface area contributed by atoms with Crippen molar-refractivity contribution in [2.75, 3.05) is 31.6 Å². The largest absolute Gasteiger partial charge is 0.381 e. The summed E-state index contributed by atoms with van der Waals surface area (Å²) in [6.45, 7) is 5.23. The lowest BCUT2D eigenvalue weighted by Gasteiger charge is -2.22. The molecule has 3 heterocycles. The molecule has 1 spiro atoms. The Bertz CT molecular complexity index is 792. The number of anilines is 1. The predicted molar refractivity (Wildman–Crippen MR) is 96.5 cm³/mol. The van der Waals surface area contributed by atoms with E-state index in [2.05, 4.69) is 23.4 Å². The van der Waals surface area contributed by atoms with Crippen molar-refractivity contribution in [3.63, 3.8) is 0 Å². The van der Waals surface area contributed by atoms with Gasteiger partial charge >= 0.3 is 6.03 Å². The molecule has 0 bridgehead atoms. The Morgan fingerprint density at radius 2 is 2.16 bits per heavy atom. The van der Waals surface area contributed by atoms with Crippen molar-refractivity contribution in [3.8, 4) is 11.3 Å². The summed E-state index contributed by atoms with van der Waals surface area (Å²) in [5.74, 6) is 0.715. The maximum atomic E-state index is 12.7. The van der Waals surface area contributed by atoms with E-state index in [0.717, 1.165) is 50.4 Å². The van der Waals surface area contributed by atoms with Crippen LogP contribution in [0.4, 0.5) is 10.6 Å². The van der Waals surface area contributed by atoms with Gasteiger partial charge < -0.3 is 9.64 Å². The molecule has 6 heteroatoms. The van der Waals surface area contributed by atoms with Crippen molar-refractivity contribution >= 4 is 11.8 Å². The van der Waals surface area contributed by atoms with Crippen molar-refractivity contribution in [1.29, 1.82) is 0 Å². The van der Waals surface area contributed by atoms with Crippen LogP contribution in [-0.2, 0) is 11.8 Å². The Kier molecular flexibility index (Phi) is 4.00. The molecule has 1 aromatic heterocycles. The minimum Gasteiger partial charge on any atom is -0.381 e. The Morgan fingerprint density at radius 1 is 1.32 bits per heavy atom. The number of benzene rings is 1. The number of rotatable bonds is 2. The highest BCUT2D eigenvalue weighted by Crippen LogP contribution is 2.38. The molecular formula is C19H24N4O2. The zero-order valence-electron chi connectivity index (χ0n) is 14.8. The van der Waals surface area contributed by atoms with Gasteiger partial charge in [-0.3, -0.25) is 10.00 Å². The van der Waals surface area contributed by atoms with Gasteiger partial charge in [-0.05, 0) is 25.3 Å². The molecule has 2 aliphatic rings. The van der Waals surface area contributed by atoms with Crippen molar-refractivity contribution in [2.24, 2.45) is 12.5 Å². The van der Waals surface area contributed by atoms with Gasteiger partial charge in [0, 0.05) is 43.8 Å². The van der Waals surface area contributed by atoms with Gasteiger partial charge in [-0.2, -0.15) is 5.10 Å². The monoisotopic (exact) mass is 340 g/mol. The van der Waals surface area contributed by atoms with Crippen molar-refractivity contribution in [1.82, 2.24) is 14.7 Å². The van der Waals surface area contributed by atoms with Gasteiger partial charge in [0.1, 0.15) is 5.82 Å². The van der Waals surface area contributed by atoms with Crippen molar-refractivity contribution in [2.45, 2.75) is 19.8 Å². The summed E-state index contributed by atoms with van der Waals surface area (Å²) in [5, 5.41) is 7.57. The Morgan fingerprint density at radius 3 is 2.92 bits per heavy atom. The van der Waals surface area contributed by atoms with Gasteiger partial charge in [-0.1, -0.05) is 24.3 Å². The standard InChI is InChI=1S/C19H24N4O2/c1-14-5-3-4-6-15(14)16-11-17(22(2)21-16)20-18(24)23-9-7-19(12-23)8-10-25-13-19/h3-6,11H,7-10,12-13H2,1-2H3,(H,20,24). The van der Waals surface area contributed by atoms with E-state index in [1.165, 1.54) is 5.56 Å². The van der Waals surface area contributed by atoms with Gasteiger partial charge in [-0.25, -0.2) is 4.79 Å². The zero-order chi connectivity index (χ0) is 17.4. The maximum Gasteiger partial charge on any atom is 0.323 e. The summed E-state index contributed by atoms with van der Waals surface area (Å²) in [7, 11) is 1.85. The van der Waals surface area contributed by atoms with Gasteiger partial charge in [0.05, 0.1) is 12.3 Å². The summed E-state index contributed by atoms with van der Waals surface area (Å²) in [4.78, 5) is 14.6. The number of nitrogens with one attached hydrogen (secondary N) is 1. The number of hydrogen-bond donors (Lipinski definition) is 1. The second-order valence-corrected chi connectivity index (χ2v) is 7.26. The van der Waals surface area contributed by atoms with Crippen LogP contribution >= 0.6 is 0 Å². The molecule has 132 valence electrons. The number of urea groups is 1. The van der Waals surface area contributed by atoms with Crippen LogP contribution in [0.3, 0.4) is 0 Å². The number of aryl methyl sites for hydroxylation is 2. The van der Waals surface area contributed by atoms with Gasteiger partial charge in [-0.15, -0.1) is 0 Å². The lowest BCUT2D eigenvalue weighted by atomic mass is 9.87. The molecular weight excluding hydrogens is 316 g/mol. The average Bonchev–Trinajstić information content (AvgIpc) is 3.31. The number of carbonyl (C=O) groups excluding carboxylic acids is 1. The van der Waals surface area contributed by atoms with Gasteiger partial charge in [0.25, 0.3) is 0 Å². The molecule has 2 fully saturated rings. The number of hydrogen-bond acceptors (Lipinski definition) is 3. The van der Waals surface area contributed by atoms with Crippen LogP contribution in [0, 0.1) is 12.3 Å². The molecule has 2 aromatic rings. The fourth-order valence-corrected chi connectivity index (χ4v) is 3.84. The number of likely N-dealkylation sites (tertiary alicyclic amines) is 1. The quantitative estimate of drug-likeness (QED) is 0.914. The highest BCUT2D eigenvalue weighted by molar-refractivity contribution is 5.89. The zero-order valence-corrected chi connectivity index (χ0v) is 14.8. The van der Waals surface area contributed by atoms with Crippen molar-refractivity contribution in [3.05, 3.63) is 35.9 Å². The molecule has 1 unspecified atom stereocenters. The predicted octanol–water partition coefficient (Wildman–Crippen LogP) is 3.04. The second-order valence-electron chi connectivity index (χ2n) is 7.26. The highest BCUT2D eigenvalue weighted by atomic mass is 16.5. The summed E-state index contributed by atoms with van der Waals surface area (Å²) in [5.41, 5.74) is 3.30. The topological polar surface area (TPSA) is 59.4 Å². The van der Waals surface area contributed by atoms with E-state index < -0.39 is 0 Å². The molecule has 0 radical (unpaired) electrons.